The van der Waals surface area contributed by atoms with Crippen molar-refractivity contribution in [3.8, 4) is 0 Å². The number of tetrazole rings is 1. The predicted octanol–water partition coefficient (Wildman–Crippen LogP) is 2.64. The first-order chi connectivity index (χ1) is 15.1. The van der Waals surface area contributed by atoms with Crippen molar-refractivity contribution in [2.75, 3.05) is 26.2 Å². The van der Waals surface area contributed by atoms with Crippen LogP contribution in [0, 0.1) is 12.7 Å². The van der Waals surface area contributed by atoms with Gasteiger partial charge in [-0.05, 0) is 47.0 Å². The first-order valence-corrected chi connectivity index (χ1v) is 10.6. The Hall–Kier alpha value is -3.13. The maximum atomic E-state index is 13.7. The summed E-state index contributed by atoms with van der Waals surface area (Å²) >= 11 is 0. The van der Waals surface area contributed by atoms with Crippen LogP contribution in [0.2, 0.25) is 0 Å². The number of carbonyl (C=O) groups is 1. The number of amides is 1. The van der Waals surface area contributed by atoms with Crippen molar-refractivity contribution in [1.29, 1.82) is 0 Å². The molecule has 162 valence electrons. The van der Waals surface area contributed by atoms with Crippen molar-refractivity contribution in [2.45, 2.75) is 32.4 Å². The molecule has 0 radical (unpaired) electrons. The molecule has 1 fully saturated rings. The number of benzene rings is 2. The molecular formula is C23H27FN6O. The highest BCUT2D eigenvalue weighted by atomic mass is 19.1. The average Bonchev–Trinajstić information content (AvgIpc) is 3.06. The summed E-state index contributed by atoms with van der Waals surface area (Å²) in [6.07, 6.45) is 1.24. The fourth-order valence-corrected chi connectivity index (χ4v) is 4.09. The van der Waals surface area contributed by atoms with Crippen LogP contribution in [-0.4, -0.2) is 62.1 Å². The van der Waals surface area contributed by atoms with E-state index >= 15 is 0 Å². The normalized spacial score (nSPS) is 16.1. The summed E-state index contributed by atoms with van der Waals surface area (Å²) in [6.45, 7) is 5.73. The van der Waals surface area contributed by atoms with Crippen LogP contribution >= 0.6 is 0 Å². The quantitative estimate of drug-likeness (QED) is 0.611. The van der Waals surface area contributed by atoms with Crippen molar-refractivity contribution in [3.05, 3.63) is 77.4 Å². The van der Waals surface area contributed by atoms with Crippen molar-refractivity contribution >= 4 is 5.91 Å². The van der Waals surface area contributed by atoms with Gasteiger partial charge in [0.2, 0.25) is 5.91 Å². The van der Waals surface area contributed by atoms with Gasteiger partial charge in [-0.15, -0.1) is 5.10 Å². The summed E-state index contributed by atoms with van der Waals surface area (Å²) < 4.78 is 15.3. The Morgan fingerprint density at radius 2 is 1.84 bits per heavy atom. The molecule has 3 aromatic rings. The third-order valence-electron chi connectivity index (χ3n) is 5.70. The summed E-state index contributed by atoms with van der Waals surface area (Å²) in [7, 11) is 0. The lowest BCUT2D eigenvalue weighted by Gasteiger charge is -2.27. The Morgan fingerprint density at radius 1 is 1.03 bits per heavy atom. The molecule has 1 aliphatic heterocycles. The second kappa shape index (κ2) is 9.78. The third kappa shape index (κ3) is 5.32. The minimum Gasteiger partial charge on any atom is -0.339 e. The number of aromatic nitrogens is 4. The van der Waals surface area contributed by atoms with Crippen molar-refractivity contribution in [2.24, 2.45) is 0 Å². The highest BCUT2D eigenvalue weighted by molar-refractivity contribution is 5.80. The van der Waals surface area contributed by atoms with Gasteiger partial charge >= 0.3 is 0 Å². The summed E-state index contributed by atoms with van der Waals surface area (Å²) in [5, 5.41) is 11.7. The molecule has 1 aromatic heterocycles. The maximum Gasteiger partial charge on any atom is 0.247 e. The van der Waals surface area contributed by atoms with Crippen LogP contribution in [0.4, 0.5) is 4.39 Å². The topological polar surface area (TPSA) is 67.2 Å². The van der Waals surface area contributed by atoms with Crippen LogP contribution in [0.15, 0.2) is 54.6 Å². The number of aryl methyl sites for hydroxylation is 1. The summed E-state index contributed by atoms with van der Waals surface area (Å²) in [5.74, 6) is 0.222. The zero-order valence-corrected chi connectivity index (χ0v) is 17.7. The molecule has 2 heterocycles. The van der Waals surface area contributed by atoms with Crippen LogP contribution in [0.25, 0.3) is 0 Å². The standard InChI is InChI=1S/C23H27FN6O/c1-18-25-26-27-30(18)22(16-20-9-5-10-21(24)15-20)23(31)29-12-6-11-28(13-14-29)17-19-7-3-2-4-8-19/h2-5,7-10,15,22H,6,11-14,16-17H2,1H3. The molecule has 1 atom stereocenters. The number of hydrogen-bond acceptors (Lipinski definition) is 5. The molecule has 31 heavy (non-hydrogen) atoms. The van der Waals surface area contributed by atoms with Crippen LogP contribution < -0.4 is 0 Å². The van der Waals surface area contributed by atoms with E-state index in [0.717, 1.165) is 31.6 Å². The summed E-state index contributed by atoms with van der Waals surface area (Å²) in [5.41, 5.74) is 2.02. The van der Waals surface area contributed by atoms with Gasteiger partial charge < -0.3 is 4.90 Å². The highest BCUT2D eigenvalue weighted by Gasteiger charge is 2.30. The van der Waals surface area contributed by atoms with Crippen LogP contribution in [0.3, 0.4) is 0 Å². The minimum atomic E-state index is -0.600. The van der Waals surface area contributed by atoms with Gasteiger partial charge in [0.15, 0.2) is 0 Å². The van der Waals surface area contributed by atoms with Gasteiger partial charge in [0, 0.05) is 39.1 Å². The summed E-state index contributed by atoms with van der Waals surface area (Å²) in [6, 6.07) is 16.1. The average molecular weight is 423 g/mol. The fraction of sp³-hybridized carbons (Fsp3) is 0.391. The number of hydrogen-bond donors (Lipinski definition) is 0. The van der Waals surface area contributed by atoms with E-state index in [1.807, 2.05) is 17.0 Å². The predicted molar refractivity (Wildman–Crippen MR) is 115 cm³/mol. The van der Waals surface area contributed by atoms with Gasteiger partial charge in [-0.25, -0.2) is 9.07 Å². The minimum absolute atomic E-state index is 0.0266. The lowest BCUT2D eigenvalue weighted by molar-refractivity contribution is -0.135. The van der Waals surface area contributed by atoms with E-state index in [-0.39, 0.29) is 11.7 Å². The Balaban J connectivity index is 1.48. The zero-order valence-electron chi connectivity index (χ0n) is 17.7. The highest BCUT2D eigenvalue weighted by Crippen LogP contribution is 2.20. The van der Waals surface area contributed by atoms with Crippen LogP contribution in [-0.2, 0) is 17.8 Å². The second-order valence-corrected chi connectivity index (χ2v) is 7.96. The van der Waals surface area contributed by atoms with E-state index < -0.39 is 6.04 Å². The molecule has 0 bridgehead atoms. The molecular weight excluding hydrogens is 395 g/mol. The molecule has 7 nitrogen and oxygen atoms in total. The van der Waals surface area contributed by atoms with E-state index in [9.17, 15) is 9.18 Å². The molecule has 8 heteroatoms. The Bertz CT molecular complexity index is 1010. The first kappa shape index (κ1) is 21.1. The molecule has 0 spiro atoms. The zero-order chi connectivity index (χ0) is 21.6. The van der Waals surface area contributed by atoms with Gasteiger partial charge in [-0.2, -0.15) is 0 Å². The number of rotatable bonds is 6. The van der Waals surface area contributed by atoms with Crippen LogP contribution in [0.1, 0.15) is 29.4 Å². The number of carbonyl (C=O) groups excluding carboxylic acids is 1. The fourth-order valence-electron chi connectivity index (χ4n) is 4.09. The smallest absolute Gasteiger partial charge is 0.247 e. The summed E-state index contributed by atoms with van der Waals surface area (Å²) in [4.78, 5) is 17.8. The van der Waals surface area contributed by atoms with Crippen LogP contribution in [0.5, 0.6) is 0 Å². The largest absolute Gasteiger partial charge is 0.339 e. The van der Waals surface area contributed by atoms with Gasteiger partial charge in [-0.1, -0.05) is 42.5 Å². The lowest BCUT2D eigenvalue weighted by Crippen LogP contribution is -2.41. The van der Waals surface area contributed by atoms with Crippen molar-refractivity contribution in [1.82, 2.24) is 30.0 Å². The molecule has 1 unspecified atom stereocenters. The van der Waals surface area contributed by atoms with Gasteiger partial charge in [-0.3, -0.25) is 9.69 Å². The van der Waals surface area contributed by atoms with Gasteiger partial charge in [0.05, 0.1) is 0 Å². The van der Waals surface area contributed by atoms with E-state index in [1.165, 1.54) is 17.7 Å². The van der Waals surface area contributed by atoms with E-state index in [2.05, 4.69) is 44.7 Å². The molecule has 1 amide bonds. The SMILES string of the molecule is Cc1nnnn1C(Cc1cccc(F)c1)C(=O)N1CCCN(Cc2ccccc2)CC1. The second-order valence-electron chi connectivity index (χ2n) is 7.96. The van der Waals surface area contributed by atoms with Gasteiger partial charge in [0.25, 0.3) is 0 Å². The molecule has 1 saturated heterocycles. The third-order valence-corrected chi connectivity index (χ3v) is 5.70. The Labute approximate surface area is 181 Å². The molecule has 1 aliphatic rings. The molecule has 2 aromatic carbocycles. The number of halogens is 1. The van der Waals surface area contributed by atoms with Crippen molar-refractivity contribution < 1.29 is 9.18 Å². The molecule has 0 aliphatic carbocycles. The first-order valence-electron chi connectivity index (χ1n) is 10.6. The Morgan fingerprint density at radius 3 is 2.58 bits per heavy atom. The van der Waals surface area contributed by atoms with E-state index in [1.54, 1.807) is 17.7 Å². The van der Waals surface area contributed by atoms with E-state index in [4.69, 9.17) is 0 Å². The number of nitrogens with zero attached hydrogens (tertiary/aromatic N) is 6. The van der Waals surface area contributed by atoms with Crippen molar-refractivity contribution in [3.63, 3.8) is 0 Å². The molecule has 4 rings (SSSR count). The Kier molecular flexibility index (Phi) is 6.66. The maximum absolute atomic E-state index is 13.7. The monoisotopic (exact) mass is 422 g/mol. The van der Waals surface area contributed by atoms with E-state index in [0.29, 0.717) is 25.3 Å². The lowest BCUT2D eigenvalue weighted by atomic mass is 10.0. The molecule has 0 N–H and O–H groups in total. The molecule has 0 saturated carbocycles. The van der Waals surface area contributed by atoms with Gasteiger partial charge in [0.1, 0.15) is 17.7 Å².